The molecule has 0 fully saturated rings. The maximum atomic E-state index is 12.4. The van der Waals surface area contributed by atoms with Crippen LogP contribution in [0.1, 0.15) is 18.0 Å². The van der Waals surface area contributed by atoms with E-state index in [-0.39, 0.29) is 23.7 Å². The Morgan fingerprint density at radius 2 is 1.45 bits per heavy atom. The minimum absolute atomic E-state index is 0. The molecule has 0 aliphatic rings. The number of ether oxygens (including phenoxy) is 3. The van der Waals surface area contributed by atoms with Gasteiger partial charge in [0, 0.05) is 17.7 Å². The number of halogens is 4. The number of hydrogen-bond donors (Lipinski definition) is 1. The molecule has 20 heavy (non-hydrogen) atoms. The van der Waals surface area contributed by atoms with E-state index >= 15 is 0 Å². The van der Waals surface area contributed by atoms with Crippen LogP contribution < -0.4 is 19.9 Å². The van der Waals surface area contributed by atoms with Crippen molar-refractivity contribution in [3.63, 3.8) is 0 Å². The Kier molecular flexibility index (Phi) is 6.95. The zero-order valence-electron chi connectivity index (χ0n) is 11.3. The molecule has 2 N–H and O–H groups in total. The van der Waals surface area contributed by atoms with E-state index in [9.17, 15) is 13.2 Å². The van der Waals surface area contributed by atoms with Crippen molar-refractivity contribution in [1.29, 1.82) is 0 Å². The van der Waals surface area contributed by atoms with Crippen LogP contribution in [-0.2, 0) is 0 Å². The molecular weight excluding hydrogens is 299 g/mol. The highest BCUT2D eigenvalue weighted by atomic mass is 35.5. The van der Waals surface area contributed by atoms with Crippen molar-refractivity contribution in [1.82, 2.24) is 0 Å². The molecule has 4 nitrogen and oxygen atoms in total. The summed E-state index contributed by atoms with van der Waals surface area (Å²) in [7, 11) is 4.17. The van der Waals surface area contributed by atoms with Gasteiger partial charge in [0.2, 0.25) is 0 Å². The van der Waals surface area contributed by atoms with Gasteiger partial charge in [-0.15, -0.1) is 12.4 Å². The fourth-order valence-corrected chi connectivity index (χ4v) is 1.70. The second kappa shape index (κ2) is 7.44. The van der Waals surface area contributed by atoms with Crippen molar-refractivity contribution in [2.45, 2.75) is 18.6 Å². The van der Waals surface area contributed by atoms with Gasteiger partial charge in [0.25, 0.3) is 0 Å². The third-order valence-electron chi connectivity index (χ3n) is 2.59. The zero-order valence-corrected chi connectivity index (χ0v) is 12.1. The highest BCUT2D eigenvalue weighted by molar-refractivity contribution is 5.85. The molecule has 1 rings (SSSR count). The predicted molar refractivity (Wildman–Crippen MR) is 70.9 cm³/mol. The van der Waals surface area contributed by atoms with E-state index in [0.29, 0.717) is 11.5 Å². The summed E-state index contributed by atoms with van der Waals surface area (Å²) in [4.78, 5) is 0. The second-order valence-electron chi connectivity index (χ2n) is 3.87. The molecule has 0 bridgehead atoms. The first kappa shape index (κ1) is 18.7. The average Bonchev–Trinajstić information content (AvgIpc) is 2.34. The molecule has 0 saturated carbocycles. The van der Waals surface area contributed by atoms with Crippen molar-refractivity contribution in [2.75, 3.05) is 21.3 Å². The van der Waals surface area contributed by atoms with Gasteiger partial charge >= 0.3 is 6.18 Å². The Morgan fingerprint density at radius 1 is 1.00 bits per heavy atom. The Labute approximate surface area is 121 Å². The highest BCUT2D eigenvalue weighted by Crippen LogP contribution is 2.39. The van der Waals surface area contributed by atoms with Crippen LogP contribution in [0.2, 0.25) is 0 Å². The fraction of sp³-hybridized carbons (Fsp3) is 0.500. The summed E-state index contributed by atoms with van der Waals surface area (Å²) in [6, 6.07) is 1.62. The molecule has 0 aliphatic carbocycles. The number of methoxy groups -OCH3 is 3. The average molecular weight is 316 g/mol. The van der Waals surface area contributed by atoms with E-state index in [1.165, 1.54) is 33.5 Å². The van der Waals surface area contributed by atoms with E-state index in [4.69, 9.17) is 19.9 Å². The van der Waals surface area contributed by atoms with Crippen LogP contribution in [0.4, 0.5) is 13.2 Å². The summed E-state index contributed by atoms with van der Waals surface area (Å²) < 4.78 is 52.3. The monoisotopic (exact) mass is 315 g/mol. The van der Waals surface area contributed by atoms with Gasteiger partial charge in [-0.3, -0.25) is 0 Å². The minimum Gasteiger partial charge on any atom is -0.496 e. The van der Waals surface area contributed by atoms with Gasteiger partial charge in [-0.1, -0.05) is 0 Å². The minimum atomic E-state index is -4.35. The van der Waals surface area contributed by atoms with Crippen molar-refractivity contribution in [3.05, 3.63) is 17.7 Å². The lowest BCUT2D eigenvalue weighted by Crippen LogP contribution is -2.21. The number of nitrogens with two attached hydrogens (primary N) is 1. The second-order valence-corrected chi connectivity index (χ2v) is 3.87. The third-order valence-corrected chi connectivity index (χ3v) is 2.59. The van der Waals surface area contributed by atoms with E-state index < -0.39 is 18.6 Å². The third kappa shape index (κ3) is 4.64. The summed E-state index contributed by atoms with van der Waals surface area (Å²) in [5.74, 6) is 0.896. The first-order valence-electron chi connectivity index (χ1n) is 5.44. The number of benzene rings is 1. The van der Waals surface area contributed by atoms with Gasteiger partial charge in [-0.25, -0.2) is 0 Å². The number of hydrogen-bond acceptors (Lipinski definition) is 4. The Bertz CT molecular complexity index is 441. The maximum Gasteiger partial charge on any atom is 0.390 e. The smallest absolute Gasteiger partial charge is 0.390 e. The van der Waals surface area contributed by atoms with Gasteiger partial charge in [0.15, 0.2) is 11.5 Å². The molecule has 0 saturated heterocycles. The molecule has 0 unspecified atom stereocenters. The maximum absolute atomic E-state index is 12.4. The lowest BCUT2D eigenvalue weighted by Gasteiger charge is -2.19. The molecule has 1 aromatic carbocycles. The van der Waals surface area contributed by atoms with E-state index in [2.05, 4.69) is 0 Å². The fourth-order valence-electron chi connectivity index (χ4n) is 1.70. The molecule has 8 heteroatoms. The highest BCUT2D eigenvalue weighted by Gasteiger charge is 2.32. The molecule has 0 heterocycles. The molecule has 0 radical (unpaired) electrons. The first-order chi connectivity index (χ1) is 8.82. The number of alkyl halides is 3. The zero-order chi connectivity index (χ0) is 14.6. The van der Waals surface area contributed by atoms with Gasteiger partial charge in [-0.05, 0) is 6.07 Å². The van der Waals surface area contributed by atoms with Gasteiger partial charge < -0.3 is 19.9 Å². The van der Waals surface area contributed by atoms with Gasteiger partial charge in [-0.2, -0.15) is 13.2 Å². The summed E-state index contributed by atoms with van der Waals surface area (Å²) in [5, 5.41) is 0. The SMILES string of the molecule is COc1cc(OC)c([C@H](N)CC(F)(F)F)cc1OC.Cl. The summed E-state index contributed by atoms with van der Waals surface area (Å²) in [6.45, 7) is 0. The van der Waals surface area contributed by atoms with Gasteiger partial charge in [0.05, 0.1) is 27.8 Å². The van der Waals surface area contributed by atoms with Crippen LogP contribution in [0.5, 0.6) is 17.2 Å². The molecule has 1 aromatic rings. The Balaban J connectivity index is 0.00000361. The Hall–Kier alpha value is -1.34. The summed E-state index contributed by atoms with van der Waals surface area (Å²) >= 11 is 0. The number of rotatable bonds is 5. The van der Waals surface area contributed by atoms with Crippen LogP contribution >= 0.6 is 12.4 Å². The predicted octanol–water partition coefficient (Wildman–Crippen LogP) is 3.09. The van der Waals surface area contributed by atoms with Crippen molar-refractivity contribution in [2.24, 2.45) is 5.73 Å². The molecule has 1 atom stereocenters. The molecule has 0 spiro atoms. The van der Waals surface area contributed by atoms with E-state index in [0.717, 1.165) is 0 Å². The standard InChI is InChI=1S/C12H16F3NO3.ClH/c1-17-9-5-11(19-3)10(18-2)4-7(9)8(16)6-12(13,14)15;/h4-5,8H,6,16H2,1-3H3;1H/t8-;/m1./s1. The molecule has 0 amide bonds. The van der Waals surface area contributed by atoms with E-state index in [1.807, 2.05) is 0 Å². The molecule has 0 aromatic heterocycles. The molecular formula is C12H17ClF3NO3. The van der Waals surface area contributed by atoms with Crippen LogP contribution in [-0.4, -0.2) is 27.5 Å². The topological polar surface area (TPSA) is 53.7 Å². The largest absolute Gasteiger partial charge is 0.496 e. The van der Waals surface area contributed by atoms with Crippen LogP contribution in [0, 0.1) is 0 Å². The summed E-state index contributed by atoms with van der Waals surface area (Å²) in [5.41, 5.74) is 5.80. The van der Waals surface area contributed by atoms with Gasteiger partial charge in [0.1, 0.15) is 5.75 Å². The Morgan fingerprint density at radius 3 is 1.85 bits per heavy atom. The lowest BCUT2D eigenvalue weighted by molar-refractivity contribution is -0.138. The molecule has 116 valence electrons. The quantitative estimate of drug-likeness (QED) is 0.907. The first-order valence-corrected chi connectivity index (χ1v) is 5.44. The summed E-state index contributed by atoms with van der Waals surface area (Å²) in [6.07, 6.45) is -5.49. The van der Waals surface area contributed by atoms with Crippen molar-refractivity contribution >= 4 is 12.4 Å². The van der Waals surface area contributed by atoms with Crippen molar-refractivity contribution in [3.8, 4) is 17.2 Å². The van der Waals surface area contributed by atoms with Crippen LogP contribution in [0.3, 0.4) is 0 Å². The normalized spacial score (nSPS) is 12.3. The lowest BCUT2D eigenvalue weighted by atomic mass is 10.0. The van der Waals surface area contributed by atoms with Crippen LogP contribution in [0.25, 0.3) is 0 Å². The molecule has 0 aliphatic heterocycles. The van der Waals surface area contributed by atoms with E-state index in [1.54, 1.807) is 0 Å². The van der Waals surface area contributed by atoms with Crippen molar-refractivity contribution < 1.29 is 27.4 Å². The van der Waals surface area contributed by atoms with Crippen LogP contribution in [0.15, 0.2) is 12.1 Å².